The molecule has 4 N–H and O–H groups in total. The number of esters is 1. The van der Waals surface area contributed by atoms with Gasteiger partial charge in [-0.25, -0.2) is 34.3 Å². The molecule has 86 heavy (non-hydrogen) atoms. The number of halogens is 7. The Kier molecular flexibility index (Phi) is 49.0. The minimum atomic E-state index is -0.990. The Hall–Kier alpha value is -5.35. The average Bonchev–Trinajstić information content (AvgIpc) is 3.59. The van der Waals surface area contributed by atoms with Crippen LogP contribution in [0.3, 0.4) is 0 Å². The summed E-state index contributed by atoms with van der Waals surface area (Å²) in [7, 11) is 1.32. The van der Waals surface area contributed by atoms with Crippen LogP contribution >= 0.6 is 110 Å². The van der Waals surface area contributed by atoms with Gasteiger partial charge in [0, 0.05) is 68.4 Å². The number of carbonyl (C=O) groups excluding carboxylic acids is 1. The molecule has 8 aromatic heterocycles. The second-order valence-corrected chi connectivity index (χ2v) is 22.4. The van der Waals surface area contributed by atoms with Gasteiger partial charge in [0.15, 0.2) is 17.1 Å². The molecule has 0 aromatic carbocycles. The van der Waals surface area contributed by atoms with Crippen molar-refractivity contribution in [3.63, 3.8) is 0 Å². The van der Waals surface area contributed by atoms with Crippen LogP contribution < -0.4 is 23.6 Å². The quantitative estimate of drug-likeness (QED) is 0.0311. The van der Waals surface area contributed by atoms with Crippen molar-refractivity contribution >= 4 is 128 Å². The van der Waals surface area contributed by atoms with Crippen molar-refractivity contribution in [3.05, 3.63) is 237 Å². The molecule has 26 heteroatoms. The molecule has 0 saturated carbocycles. The molecule has 9 rings (SSSR count). The normalized spacial score (nSPS) is 11.2. The van der Waals surface area contributed by atoms with Crippen LogP contribution in [0, 0.1) is 28.7 Å². The molecule has 0 spiro atoms. The molecule has 9 heterocycles. The van der Waals surface area contributed by atoms with Crippen LogP contribution in [-0.4, -0.2) is 91.5 Å². The van der Waals surface area contributed by atoms with Gasteiger partial charge < -0.3 is 25.4 Å². The minimum Gasteiger partial charge on any atom is -0.652 e. The molecule has 1 saturated heterocycles. The number of pyridine rings is 8. The summed E-state index contributed by atoms with van der Waals surface area (Å²) >= 11 is 20.3. The third-order valence-corrected chi connectivity index (χ3v) is 13.3. The third-order valence-electron chi connectivity index (χ3n) is 9.92. The largest absolute Gasteiger partial charge is 1.00 e. The van der Waals surface area contributed by atoms with Gasteiger partial charge in [0.05, 0.1) is 44.4 Å². The van der Waals surface area contributed by atoms with Gasteiger partial charge in [0.2, 0.25) is 12.4 Å². The molecule has 0 radical (unpaired) electrons. The first-order valence-electron chi connectivity index (χ1n) is 25.2. The maximum atomic E-state index is 10.9. The molecule has 1 aliphatic rings. The van der Waals surface area contributed by atoms with E-state index in [1.807, 2.05) is 98.8 Å². The number of alkyl halides is 1. The van der Waals surface area contributed by atoms with Crippen molar-refractivity contribution in [1.29, 1.82) is 5.26 Å². The maximum absolute atomic E-state index is 10.9. The fourth-order valence-corrected chi connectivity index (χ4v) is 8.39. The standard InChI is InChI=1S/C9H18N.C7H6BrNO2.C7H8ClN.C7H9NO.C6H3BrN2.C6H4INO2.C6H5NO2.C5H5BrNO.C5H4BrN.C2H6.ClH.Li/c1-8(2)6-5-7-9(3,4)10-8;1-11-7(10)6-5(8)3-2-4-9-6;1-6-3-2-4-9-7(6)5-8;1-6-3-2-4-8-7(6)5-9;7-5-2-1-3-9-6(5)4-8;7-4-2-1-3-8-5(4)6(9)10;8-6(9)5-3-1-2-4-7-5;6-5-2-1-3-7(8)4-5;6-5-2-1-3-7-4-5;1-2;;/h5-7H2,1-4H3;2-4H,1H3;2-4H,5H2,1H3;2-4,9H,5H2,1H3;1-3H;1-3H,(H,9,10);1-4H,(H,8,9);1-4,8H;1-4H;1-2H3;1H;/q-1;;;;;;;+1;;;;+1. The fourth-order valence-electron chi connectivity index (χ4n) is 6.14. The van der Waals surface area contributed by atoms with E-state index in [2.05, 4.69) is 131 Å². The van der Waals surface area contributed by atoms with E-state index in [0.29, 0.717) is 25.3 Å². The molecule has 1 fully saturated rings. The maximum Gasteiger partial charge on any atom is 1.00 e. The van der Waals surface area contributed by atoms with Gasteiger partial charge in [0.1, 0.15) is 11.8 Å². The van der Waals surface area contributed by atoms with Gasteiger partial charge in [-0.2, -0.15) is 5.26 Å². The summed E-state index contributed by atoms with van der Waals surface area (Å²) < 4.78 is 9.41. The molecule has 0 atom stereocenters. The number of carboxylic acids is 2. The van der Waals surface area contributed by atoms with Crippen molar-refractivity contribution in [3.8, 4) is 6.07 Å². The Balaban J connectivity index is -0.000000897. The number of nitriles is 1. The Labute approximate surface area is 574 Å². The number of hydrogen-bond donors (Lipinski definition) is 4. The van der Waals surface area contributed by atoms with E-state index in [1.54, 1.807) is 98.0 Å². The summed E-state index contributed by atoms with van der Waals surface area (Å²) in [6.45, 7) is 16.9. The van der Waals surface area contributed by atoms with Gasteiger partial charge in [-0.1, -0.05) is 79.0 Å². The fraction of sp³-hybridized carbons (Fsp3) is 0.267. The van der Waals surface area contributed by atoms with Gasteiger partial charge in [-0.15, -0.1) is 35.1 Å². The average molecular weight is 1580 g/mol. The molecule has 0 bridgehead atoms. The number of carboxylic acid groups (broad SMARTS) is 2. The minimum absolute atomic E-state index is 0. The Bertz CT molecular complexity index is 3120. The number of rotatable bonds is 5. The van der Waals surface area contributed by atoms with E-state index in [0.717, 1.165) is 40.7 Å². The van der Waals surface area contributed by atoms with Crippen molar-refractivity contribution in [2.45, 2.75) is 98.2 Å². The Morgan fingerprint density at radius 1 is 0.686 bits per heavy atom. The number of ether oxygens (including phenoxy) is 1. The van der Waals surface area contributed by atoms with E-state index in [4.69, 9.17) is 42.7 Å². The molecule has 0 unspecified atom stereocenters. The van der Waals surface area contributed by atoms with E-state index < -0.39 is 17.9 Å². The molecule has 18 nitrogen and oxygen atoms in total. The van der Waals surface area contributed by atoms with Crippen molar-refractivity contribution < 1.29 is 63.2 Å². The summed E-state index contributed by atoms with van der Waals surface area (Å²) in [6.07, 6.45) is 19.9. The number of aliphatic hydroxyl groups is 1. The molecule has 8 aromatic rings. The van der Waals surface area contributed by atoms with Crippen LogP contribution in [0.4, 0.5) is 0 Å². The number of hydrogen-bond acceptors (Lipinski definition) is 14. The zero-order valence-electron chi connectivity index (χ0n) is 49.2. The van der Waals surface area contributed by atoms with Gasteiger partial charge in [-0.05, 0) is 190 Å². The van der Waals surface area contributed by atoms with E-state index in [1.165, 1.54) is 51.0 Å². The smallest absolute Gasteiger partial charge is 0.652 e. The number of aromatic nitrogens is 8. The van der Waals surface area contributed by atoms with Gasteiger partial charge in [0.25, 0.3) is 0 Å². The van der Waals surface area contributed by atoms with Crippen LogP contribution in [-0.2, 0) is 17.2 Å². The molecular weight excluding hydrogens is 1510 g/mol. The van der Waals surface area contributed by atoms with E-state index >= 15 is 0 Å². The molecule has 0 aliphatic carbocycles. The first kappa shape index (κ1) is 84.9. The Morgan fingerprint density at radius 3 is 1.50 bits per heavy atom. The third kappa shape index (κ3) is 39.4. The second kappa shape index (κ2) is 49.6. The van der Waals surface area contributed by atoms with Crippen LogP contribution in [0.5, 0.6) is 0 Å². The summed E-state index contributed by atoms with van der Waals surface area (Å²) in [5.41, 5.74) is 5.33. The number of nitrogens with zero attached hydrogens (tertiary/aromatic N) is 10. The molecule has 456 valence electrons. The summed E-state index contributed by atoms with van der Waals surface area (Å²) in [5, 5.41) is 47.3. The zero-order valence-corrected chi connectivity index (χ0v) is 59.3. The van der Waals surface area contributed by atoms with Crippen LogP contribution in [0.15, 0.2) is 183 Å². The number of aliphatic hydroxyl groups excluding tert-OH is 1. The number of piperidine rings is 1. The SMILES string of the molecule is Brc1cccnc1.CC.CC1(C)CCCC(C)(C)[N-]1.COC(=O)c1ncccc1Br.Cc1cccnc1CCl.Cc1cccnc1CO.Cl.N#Cc1ncccc1Br.O=C(O)c1ccccn1.O=C(O)c1ncccc1I.O[n+]1cccc(Br)c1.[Li+]. The Morgan fingerprint density at radius 2 is 1.19 bits per heavy atom. The topological polar surface area (TPSA) is 273 Å². The molecular formula is C60H69Br4Cl2ILiN10O8+. The van der Waals surface area contributed by atoms with Crippen LogP contribution in [0.25, 0.3) is 5.32 Å². The first-order valence-corrected chi connectivity index (χ1v) is 30.0. The van der Waals surface area contributed by atoms with Gasteiger partial charge in [-0.3, -0.25) is 20.2 Å². The number of carbonyl (C=O) groups is 3. The van der Waals surface area contributed by atoms with Crippen molar-refractivity contribution in [1.82, 2.24) is 34.9 Å². The molecule has 1 aliphatic heterocycles. The van der Waals surface area contributed by atoms with Crippen LogP contribution in [0.2, 0.25) is 0 Å². The summed E-state index contributed by atoms with van der Waals surface area (Å²) in [4.78, 5) is 58.1. The number of aromatic carboxylic acids is 2. The monoisotopic (exact) mass is 1580 g/mol. The van der Waals surface area contributed by atoms with Gasteiger partial charge >= 0.3 is 36.8 Å². The van der Waals surface area contributed by atoms with Crippen molar-refractivity contribution in [2.75, 3.05) is 7.11 Å². The zero-order chi connectivity index (χ0) is 63.5. The predicted octanol–water partition coefficient (Wildman–Crippen LogP) is 12.9. The van der Waals surface area contributed by atoms with Crippen LogP contribution in [0.1, 0.15) is 120 Å². The predicted molar refractivity (Wildman–Crippen MR) is 356 cm³/mol. The van der Waals surface area contributed by atoms with E-state index in [9.17, 15) is 14.4 Å². The number of aryl methyl sites for hydroxylation is 2. The summed E-state index contributed by atoms with van der Waals surface area (Å²) in [5.74, 6) is -1.90. The first-order chi connectivity index (χ1) is 39.9. The van der Waals surface area contributed by atoms with E-state index in [-0.39, 0.29) is 60.3 Å². The second-order valence-electron chi connectivity index (χ2n) is 17.4. The summed E-state index contributed by atoms with van der Waals surface area (Å²) in [6, 6.07) is 32.2. The van der Waals surface area contributed by atoms with Crippen molar-refractivity contribution in [2.24, 2.45) is 0 Å². The molecule has 0 amide bonds. The number of methoxy groups -OCH3 is 1.